The molecule has 0 spiro atoms. The van der Waals surface area contributed by atoms with Gasteiger partial charge in [0.15, 0.2) is 5.58 Å². The Morgan fingerprint density at radius 1 is 0.581 bits per heavy atom. The molecule has 0 aliphatic carbocycles. The van der Waals surface area contributed by atoms with E-state index >= 15 is 0 Å². The van der Waals surface area contributed by atoms with E-state index in [1.165, 1.54) is 0 Å². The Labute approximate surface area is 244 Å². The van der Waals surface area contributed by atoms with Crippen molar-refractivity contribution in [2.24, 2.45) is 0 Å². The average molecular weight is 550 g/mol. The lowest BCUT2D eigenvalue weighted by Gasteiger charge is -2.08. The molecule has 0 saturated carbocycles. The molecule has 3 aromatic heterocycles. The summed E-state index contributed by atoms with van der Waals surface area (Å²) < 4.78 is 14.8. The zero-order valence-corrected chi connectivity index (χ0v) is 22.6. The highest BCUT2D eigenvalue weighted by Gasteiger charge is 2.20. The molecule has 0 N–H and O–H groups in total. The number of nitrogens with zero attached hydrogens (tertiary/aromatic N) is 3. The molecule has 0 aliphatic rings. The van der Waals surface area contributed by atoms with Gasteiger partial charge in [0.05, 0.1) is 34.9 Å². The van der Waals surface area contributed by atoms with E-state index < -0.39 is 0 Å². The summed E-state index contributed by atoms with van der Waals surface area (Å²) in [5, 5.41) is 15.6. The minimum atomic E-state index is 0.465. The van der Waals surface area contributed by atoms with Gasteiger partial charge < -0.3 is 13.4 Å². The Hall–Kier alpha value is -6.30. The maximum absolute atomic E-state index is 9.56. The van der Waals surface area contributed by atoms with Crippen molar-refractivity contribution in [2.75, 3.05) is 0 Å². The van der Waals surface area contributed by atoms with Crippen LogP contribution in [-0.4, -0.2) is 4.57 Å². The molecule has 43 heavy (non-hydrogen) atoms. The van der Waals surface area contributed by atoms with Gasteiger partial charge in [-0.15, -0.1) is 0 Å². The first-order valence-electron chi connectivity index (χ1n) is 13.9. The molecule has 0 saturated heterocycles. The van der Waals surface area contributed by atoms with E-state index in [1.54, 1.807) is 0 Å². The second-order valence-corrected chi connectivity index (χ2v) is 10.7. The van der Waals surface area contributed by atoms with Gasteiger partial charge in [-0.2, -0.15) is 5.26 Å². The van der Waals surface area contributed by atoms with E-state index in [-0.39, 0.29) is 0 Å². The molecule has 198 valence electrons. The van der Waals surface area contributed by atoms with Gasteiger partial charge in [0.2, 0.25) is 5.69 Å². The Morgan fingerprint density at radius 2 is 1.35 bits per heavy atom. The number of para-hydroxylation sites is 3. The fourth-order valence-corrected chi connectivity index (χ4v) is 6.50. The molecule has 9 aromatic rings. The maximum Gasteiger partial charge on any atom is 0.230 e. The number of hydrogen-bond acceptors (Lipinski definition) is 3. The number of nitriles is 1. The molecular weight excluding hydrogens is 530 g/mol. The average Bonchev–Trinajstić information content (AvgIpc) is 3.73. The van der Waals surface area contributed by atoms with Crippen LogP contribution in [0.2, 0.25) is 0 Å². The predicted molar refractivity (Wildman–Crippen MR) is 172 cm³/mol. The second kappa shape index (κ2) is 8.60. The first kappa shape index (κ1) is 23.4. The molecule has 5 nitrogen and oxygen atoms in total. The highest BCUT2D eigenvalue weighted by Crippen LogP contribution is 2.43. The van der Waals surface area contributed by atoms with Crippen LogP contribution < -0.4 is 0 Å². The van der Waals surface area contributed by atoms with Crippen molar-refractivity contribution in [2.45, 2.75) is 0 Å². The van der Waals surface area contributed by atoms with Crippen molar-refractivity contribution in [3.8, 4) is 22.9 Å². The zero-order valence-electron chi connectivity index (χ0n) is 22.6. The molecule has 9 rings (SSSR count). The second-order valence-electron chi connectivity index (χ2n) is 10.7. The third-order valence-electron chi connectivity index (χ3n) is 8.43. The molecule has 6 aromatic carbocycles. The number of aromatic nitrogens is 1. The molecule has 0 amide bonds. The van der Waals surface area contributed by atoms with Crippen LogP contribution >= 0.6 is 0 Å². The molecule has 0 fully saturated rings. The van der Waals surface area contributed by atoms with Crippen LogP contribution in [0.25, 0.3) is 87.3 Å². The topological polar surface area (TPSA) is 59.4 Å². The quantitative estimate of drug-likeness (QED) is 0.202. The summed E-state index contributed by atoms with van der Waals surface area (Å²) in [5.41, 5.74) is 8.90. The molecule has 0 radical (unpaired) electrons. The van der Waals surface area contributed by atoms with Gasteiger partial charge in [0.1, 0.15) is 16.7 Å². The van der Waals surface area contributed by atoms with Gasteiger partial charge in [-0.25, -0.2) is 4.85 Å². The Balaban J connectivity index is 1.31. The van der Waals surface area contributed by atoms with Crippen LogP contribution in [0.1, 0.15) is 5.56 Å². The fraction of sp³-hybridized carbons (Fsp3) is 0. The number of furan rings is 2. The summed E-state index contributed by atoms with van der Waals surface area (Å²) in [4.78, 5) is 3.89. The SMILES string of the molecule is [C-]#[N+]c1cc(-c2ccc3oc4ccccc4c3c2)cc2c1oc1c(-n3c4ccccc4c4cc(C#N)ccc43)cccc12. The zero-order chi connectivity index (χ0) is 28.7. The standard InChI is InChI=1S/C38H19N3O2/c1-40-31-20-24(23-14-16-36-29(18-23)26-8-3-5-12-35(26)42-36)19-30-27-9-6-11-34(38(27)43-37(30)31)41-32-10-4-2-7-25(32)28-17-22(21-39)13-15-33(28)41/h2-20H. The van der Waals surface area contributed by atoms with Crippen molar-refractivity contribution < 1.29 is 8.83 Å². The number of benzene rings is 6. The molecule has 5 heteroatoms. The first-order valence-corrected chi connectivity index (χ1v) is 13.9. The van der Waals surface area contributed by atoms with E-state index in [1.807, 2.05) is 78.9 Å². The van der Waals surface area contributed by atoms with Crippen LogP contribution in [-0.2, 0) is 0 Å². The molecule has 0 atom stereocenters. The summed E-state index contributed by atoms with van der Waals surface area (Å²) in [6.45, 7) is 8.04. The van der Waals surface area contributed by atoms with Crippen molar-refractivity contribution in [1.82, 2.24) is 4.57 Å². The van der Waals surface area contributed by atoms with Crippen LogP contribution in [0, 0.1) is 17.9 Å². The van der Waals surface area contributed by atoms with Crippen molar-refractivity contribution in [1.29, 1.82) is 5.26 Å². The largest absolute Gasteiger partial charge is 0.465 e. The van der Waals surface area contributed by atoms with E-state index in [0.717, 1.165) is 71.3 Å². The highest BCUT2D eigenvalue weighted by atomic mass is 16.3. The molecule has 0 unspecified atom stereocenters. The lowest BCUT2D eigenvalue weighted by molar-refractivity contribution is 0.668. The van der Waals surface area contributed by atoms with E-state index in [4.69, 9.17) is 15.4 Å². The summed E-state index contributed by atoms with van der Waals surface area (Å²) in [6.07, 6.45) is 0. The Bertz CT molecular complexity index is 2710. The van der Waals surface area contributed by atoms with Crippen molar-refractivity contribution in [3.05, 3.63) is 132 Å². The lowest BCUT2D eigenvalue weighted by atomic mass is 9.99. The number of rotatable bonds is 2. The summed E-state index contributed by atoms with van der Waals surface area (Å²) in [5.74, 6) is 0. The number of fused-ring (bicyclic) bond motifs is 9. The monoisotopic (exact) mass is 549 g/mol. The number of hydrogen-bond donors (Lipinski definition) is 0. The van der Waals surface area contributed by atoms with E-state index in [0.29, 0.717) is 22.4 Å². The molecule has 0 aliphatic heterocycles. The van der Waals surface area contributed by atoms with E-state index in [9.17, 15) is 5.26 Å². The maximum atomic E-state index is 9.56. The lowest BCUT2D eigenvalue weighted by Crippen LogP contribution is -1.94. The minimum Gasteiger partial charge on any atom is -0.465 e. The van der Waals surface area contributed by atoms with Crippen molar-refractivity contribution >= 4 is 71.4 Å². The minimum absolute atomic E-state index is 0.465. The van der Waals surface area contributed by atoms with Crippen LogP contribution in [0.3, 0.4) is 0 Å². The van der Waals surface area contributed by atoms with Gasteiger partial charge >= 0.3 is 0 Å². The summed E-state index contributed by atoms with van der Waals surface area (Å²) >= 11 is 0. The molecule has 3 heterocycles. The first-order chi connectivity index (χ1) is 21.2. The van der Waals surface area contributed by atoms with Gasteiger partial charge in [0.25, 0.3) is 0 Å². The van der Waals surface area contributed by atoms with Gasteiger partial charge in [-0.05, 0) is 71.8 Å². The third kappa shape index (κ3) is 3.25. The Morgan fingerprint density at radius 3 is 2.23 bits per heavy atom. The van der Waals surface area contributed by atoms with E-state index in [2.05, 4.69) is 51.9 Å². The smallest absolute Gasteiger partial charge is 0.230 e. The Kier molecular flexibility index (Phi) is 4.68. The van der Waals surface area contributed by atoms with Crippen LogP contribution in [0.4, 0.5) is 5.69 Å². The van der Waals surface area contributed by atoms with Crippen LogP contribution in [0.15, 0.2) is 124 Å². The normalized spacial score (nSPS) is 11.7. The molecular formula is C38H19N3O2. The van der Waals surface area contributed by atoms with Crippen LogP contribution in [0.5, 0.6) is 0 Å². The highest BCUT2D eigenvalue weighted by molar-refractivity contribution is 6.15. The van der Waals surface area contributed by atoms with Gasteiger partial charge in [-0.3, -0.25) is 0 Å². The predicted octanol–water partition coefficient (Wildman–Crippen LogP) is 10.7. The van der Waals surface area contributed by atoms with Crippen molar-refractivity contribution in [3.63, 3.8) is 0 Å². The fourth-order valence-electron chi connectivity index (χ4n) is 6.50. The van der Waals surface area contributed by atoms with Gasteiger partial charge in [-0.1, -0.05) is 54.6 Å². The molecule has 0 bridgehead atoms. The third-order valence-corrected chi connectivity index (χ3v) is 8.43. The van der Waals surface area contributed by atoms with Gasteiger partial charge in [0, 0.05) is 32.3 Å². The summed E-state index contributed by atoms with van der Waals surface area (Å²) in [6, 6.07) is 40.6. The summed E-state index contributed by atoms with van der Waals surface area (Å²) in [7, 11) is 0.